The van der Waals surface area contributed by atoms with Crippen LogP contribution in [0.5, 0.6) is 0 Å². The first-order valence-corrected chi connectivity index (χ1v) is 10.3. The van der Waals surface area contributed by atoms with Gasteiger partial charge in [-0.3, -0.25) is 9.59 Å². The van der Waals surface area contributed by atoms with Crippen molar-refractivity contribution in [3.63, 3.8) is 0 Å². The van der Waals surface area contributed by atoms with Crippen LogP contribution in [0.1, 0.15) is 12.3 Å². The zero-order valence-electron chi connectivity index (χ0n) is 17.4. The van der Waals surface area contributed by atoms with Crippen molar-refractivity contribution in [1.82, 2.24) is 20.8 Å². The van der Waals surface area contributed by atoms with Gasteiger partial charge in [0.05, 0.1) is 12.0 Å². The maximum absolute atomic E-state index is 13.0. The normalized spacial score (nSPS) is 17.8. The summed E-state index contributed by atoms with van der Waals surface area (Å²) >= 11 is 0. The third-order valence-corrected chi connectivity index (χ3v) is 4.99. The third-order valence-electron chi connectivity index (χ3n) is 4.99. The number of aliphatic hydroxyl groups excluding tert-OH is 1. The van der Waals surface area contributed by atoms with Gasteiger partial charge >= 0.3 is 0 Å². The van der Waals surface area contributed by atoms with E-state index in [9.17, 15) is 19.1 Å². The molecule has 170 valence electrons. The van der Waals surface area contributed by atoms with Crippen LogP contribution in [0, 0.1) is 11.7 Å². The van der Waals surface area contributed by atoms with Crippen LogP contribution >= 0.6 is 0 Å². The first-order valence-electron chi connectivity index (χ1n) is 10.3. The highest BCUT2D eigenvalue weighted by Gasteiger charge is 2.27. The van der Waals surface area contributed by atoms with Crippen molar-refractivity contribution in [2.24, 2.45) is 16.1 Å². The quantitative estimate of drug-likeness (QED) is 0.527. The molecule has 10 nitrogen and oxygen atoms in total. The minimum Gasteiger partial charge on any atom is -0.389 e. The summed E-state index contributed by atoms with van der Waals surface area (Å²) in [6, 6.07) is 5.68. The van der Waals surface area contributed by atoms with Crippen molar-refractivity contribution in [2.45, 2.75) is 18.9 Å². The number of amides is 2. The second kappa shape index (κ2) is 10.1. The molecule has 1 aliphatic heterocycles. The average molecular weight is 452 g/mol. The number of carbonyl (C=O) groups is 2. The summed E-state index contributed by atoms with van der Waals surface area (Å²) in [5.74, 6) is -0.454. The van der Waals surface area contributed by atoms with Crippen LogP contribution in [-0.4, -0.2) is 46.3 Å². The lowest BCUT2D eigenvalue weighted by Gasteiger charge is -2.21. The molecule has 0 fully saturated rings. The second-order valence-electron chi connectivity index (χ2n) is 7.42. The lowest BCUT2D eigenvalue weighted by Crippen LogP contribution is -2.38. The molecule has 11 heteroatoms. The Hall–Kier alpha value is -3.99. The summed E-state index contributed by atoms with van der Waals surface area (Å²) in [5.41, 5.74) is 1.30. The van der Waals surface area contributed by atoms with E-state index in [1.807, 2.05) is 0 Å². The highest BCUT2D eigenvalue weighted by Crippen LogP contribution is 2.27. The molecular formula is C22H21FN6O4. The van der Waals surface area contributed by atoms with Crippen molar-refractivity contribution >= 4 is 11.8 Å². The van der Waals surface area contributed by atoms with Crippen LogP contribution in [0.4, 0.5) is 4.39 Å². The molecule has 0 bridgehead atoms. The standard InChI is InChI=1S/C22H21FN6O4/c23-14-7-5-13(6-8-14)20-26-19(33-29-20)10-9-18(31)24-11-15(30)12-25-21-16-3-1-2-4-17(16)22(32)28-27-21/h1-8,15,17,25,30H,9-12H2,(H,24,31). The van der Waals surface area contributed by atoms with Crippen molar-refractivity contribution in [3.8, 4) is 11.4 Å². The fourth-order valence-corrected chi connectivity index (χ4v) is 3.24. The van der Waals surface area contributed by atoms with Crippen molar-refractivity contribution in [2.75, 3.05) is 13.1 Å². The molecule has 2 unspecified atom stereocenters. The van der Waals surface area contributed by atoms with E-state index in [1.165, 1.54) is 24.3 Å². The first-order chi connectivity index (χ1) is 16.0. The Morgan fingerprint density at radius 1 is 1.18 bits per heavy atom. The van der Waals surface area contributed by atoms with Gasteiger partial charge in [-0.1, -0.05) is 29.5 Å². The molecule has 1 aromatic heterocycles. The fraction of sp³-hybridized carbons (Fsp3) is 0.273. The van der Waals surface area contributed by atoms with Gasteiger partial charge in [0, 0.05) is 37.1 Å². The van der Waals surface area contributed by atoms with Crippen LogP contribution in [-0.2, 0) is 16.0 Å². The van der Waals surface area contributed by atoms with Gasteiger partial charge in [-0.05, 0) is 24.3 Å². The zero-order valence-corrected chi connectivity index (χ0v) is 17.4. The molecule has 4 rings (SSSR count). The molecule has 0 spiro atoms. The molecule has 1 aliphatic carbocycles. The molecule has 0 radical (unpaired) electrons. The van der Waals surface area contributed by atoms with E-state index in [0.29, 0.717) is 22.8 Å². The molecule has 2 aromatic rings. The van der Waals surface area contributed by atoms with E-state index in [4.69, 9.17) is 4.52 Å². The lowest BCUT2D eigenvalue weighted by atomic mass is 9.93. The zero-order chi connectivity index (χ0) is 23.2. The van der Waals surface area contributed by atoms with E-state index in [-0.39, 0.29) is 49.5 Å². The lowest BCUT2D eigenvalue weighted by molar-refractivity contribution is -0.122. The van der Waals surface area contributed by atoms with Crippen molar-refractivity contribution < 1.29 is 23.6 Å². The molecule has 0 saturated carbocycles. The van der Waals surface area contributed by atoms with E-state index < -0.39 is 12.0 Å². The van der Waals surface area contributed by atoms with Gasteiger partial charge in [-0.25, -0.2) is 4.39 Å². The highest BCUT2D eigenvalue weighted by atomic mass is 19.1. The number of hydrogen-bond donors (Lipinski definition) is 3. The molecule has 3 N–H and O–H groups in total. The number of allylic oxidation sites excluding steroid dienone is 3. The summed E-state index contributed by atoms with van der Waals surface area (Å²) in [6.07, 6.45) is 6.51. The van der Waals surface area contributed by atoms with Gasteiger partial charge < -0.3 is 20.3 Å². The number of nitrogens with one attached hydrogen (secondary N) is 2. The van der Waals surface area contributed by atoms with Crippen LogP contribution in [0.2, 0.25) is 0 Å². The van der Waals surface area contributed by atoms with Gasteiger partial charge in [-0.2, -0.15) is 4.98 Å². The largest absolute Gasteiger partial charge is 0.389 e. The molecule has 2 aliphatic rings. The van der Waals surface area contributed by atoms with Gasteiger partial charge in [0.1, 0.15) is 5.82 Å². The topological polar surface area (TPSA) is 142 Å². The number of aliphatic hydroxyl groups is 1. The summed E-state index contributed by atoms with van der Waals surface area (Å²) in [7, 11) is 0. The number of fused-ring (bicyclic) bond motifs is 1. The Labute approximate surface area is 188 Å². The maximum Gasteiger partial charge on any atom is 0.276 e. The molecule has 0 saturated heterocycles. The number of aromatic nitrogens is 2. The number of benzene rings is 1. The van der Waals surface area contributed by atoms with Crippen LogP contribution in [0.15, 0.2) is 74.7 Å². The molecule has 2 heterocycles. The van der Waals surface area contributed by atoms with Gasteiger partial charge in [0.25, 0.3) is 5.91 Å². The molecule has 1 aromatic carbocycles. The Morgan fingerprint density at radius 2 is 2.00 bits per heavy atom. The molecule has 2 atom stereocenters. The van der Waals surface area contributed by atoms with Crippen LogP contribution in [0.3, 0.4) is 0 Å². The number of azo groups is 1. The Kier molecular flexibility index (Phi) is 6.79. The summed E-state index contributed by atoms with van der Waals surface area (Å²) in [5, 5.41) is 27.1. The Bertz CT molecular complexity index is 1150. The minimum atomic E-state index is -0.884. The molecular weight excluding hydrogens is 431 g/mol. The van der Waals surface area contributed by atoms with Crippen LogP contribution in [0.25, 0.3) is 11.4 Å². The van der Waals surface area contributed by atoms with Crippen LogP contribution < -0.4 is 10.6 Å². The smallest absolute Gasteiger partial charge is 0.276 e. The second-order valence-corrected chi connectivity index (χ2v) is 7.42. The summed E-state index contributed by atoms with van der Waals surface area (Å²) < 4.78 is 18.1. The van der Waals surface area contributed by atoms with E-state index >= 15 is 0 Å². The van der Waals surface area contributed by atoms with Crippen molar-refractivity contribution in [3.05, 3.63) is 71.7 Å². The number of rotatable bonds is 9. The Morgan fingerprint density at radius 3 is 2.82 bits per heavy atom. The summed E-state index contributed by atoms with van der Waals surface area (Å²) in [4.78, 5) is 28.1. The number of aryl methyl sites for hydroxylation is 1. The Balaban J connectivity index is 1.20. The minimum absolute atomic E-state index is 0.0222. The van der Waals surface area contributed by atoms with E-state index in [0.717, 1.165) is 0 Å². The van der Waals surface area contributed by atoms with E-state index in [1.54, 1.807) is 24.3 Å². The average Bonchev–Trinajstić information content (AvgIpc) is 3.31. The highest BCUT2D eigenvalue weighted by molar-refractivity contribution is 5.86. The number of nitrogens with zero attached hydrogens (tertiary/aromatic N) is 4. The van der Waals surface area contributed by atoms with Gasteiger partial charge in [0.2, 0.25) is 17.6 Å². The predicted octanol–water partition coefficient (Wildman–Crippen LogP) is 1.82. The fourth-order valence-electron chi connectivity index (χ4n) is 3.24. The third kappa shape index (κ3) is 5.63. The number of hydrogen-bond acceptors (Lipinski definition) is 8. The first kappa shape index (κ1) is 22.2. The molecule has 2 amide bonds. The molecule has 33 heavy (non-hydrogen) atoms. The number of halogens is 1. The van der Waals surface area contributed by atoms with Gasteiger partial charge in [-0.15, -0.1) is 10.2 Å². The summed E-state index contributed by atoms with van der Waals surface area (Å²) in [6.45, 7) is 0.135. The van der Waals surface area contributed by atoms with Gasteiger partial charge in [0.15, 0.2) is 5.82 Å². The number of carbonyl (C=O) groups excluding carboxylic acids is 2. The monoisotopic (exact) mass is 452 g/mol. The predicted molar refractivity (Wildman–Crippen MR) is 114 cm³/mol. The van der Waals surface area contributed by atoms with E-state index in [2.05, 4.69) is 31.0 Å². The maximum atomic E-state index is 13.0. The SMILES string of the molecule is O=C(CCc1nc(-c2ccc(F)cc2)no1)NCC(O)CNC1=C2C=CC=CC2C(=O)N=N1. The van der Waals surface area contributed by atoms with Crippen molar-refractivity contribution in [1.29, 1.82) is 0 Å².